The molecule has 3 aromatic heterocycles. The lowest BCUT2D eigenvalue weighted by atomic mass is 10.3. The molecule has 4 aromatic rings. The molecule has 0 fully saturated rings. The van der Waals surface area contributed by atoms with Gasteiger partial charge in [-0.3, -0.25) is 4.79 Å². The first kappa shape index (κ1) is 18.4. The van der Waals surface area contributed by atoms with Crippen molar-refractivity contribution < 1.29 is 18.7 Å². The summed E-state index contributed by atoms with van der Waals surface area (Å²) in [7, 11) is 0. The number of thiazole rings is 1. The number of nitrogens with zero attached hydrogens (tertiary/aromatic N) is 1. The molecule has 0 unspecified atom stereocenters. The third-order valence-electron chi connectivity index (χ3n) is 3.99. The van der Waals surface area contributed by atoms with Crippen LogP contribution >= 0.6 is 22.7 Å². The minimum atomic E-state index is -0.689. The first-order valence-electron chi connectivity index (χ1n) is 8.56. The number of thiophene rings is 1. The summed E-state index contributed by atoms with van der Waals surface area (Å²) in [6, 6.07) is 14.7. The van der Waals surface area contributed by atoms with E-state index in [2.05, 4.69) is 10.3 Å². The predicted octanol–water partition coefficient (Wildman–Crippen LogP) is 4.65. The number of benzene rings is 1. The van der Waals surface area contributed by atoms with Gasteiger partial charge in [0.05, 0.1) is 16.3 Å². The molecule has 8 heteroatoms. The van der Waals surface area contributed by atoms with Crippen LogP contribution in [0.1, 0.15) is 28.4 Å². The van der Waals surface area contributed by atoms with Crippen molar-refractivity contribution in [3.8, 4) is 10.8 Å². The highest BCUT2D eigenvalue weighted by atomic mass is 32.1. The number of hydrogen-bond acceptors (Lipinski definition) is 7. The number of carbonyl (C=O) groups is 2. The van der Waals surface area contributed by atoms with E-state index in [1.807, 2.05) is 48.7 Å². The van der Waals surface area contributed by atoms with Crippen molar-refractivity contribution in [2.75, 3.05) is 6.61 Å². The van der Waals surface area contributed by atoms with Crippen molar-refractivity contribution in [2.45, 2.75) is 13.0 Å². The maximum absolute atomic E-state index is 12.2. The number of carbonyl (C=O) groups excluding carboxylic acids is 2. The van der Waals surface area contributed by atoms with Crippen LogP contribution in [0, 0.1) is 0 Å². The first-order valence-corrected chi connectivity index (χ1v) is 10.3. The quantitative estimate of drug-likeness (QED) is 0.466. The topological polar surface area (TPSA) is 81.4 Å². The van der Waals surface area contributed by atoms with Crippen molar-refractivity contribution in [1.29, 1.82) is 0 Å². The zero-order valence-corrected chi connectivity index (χ0v) is 16.5. The summed E-state index contributed by atoms with van der Waals surface area (Å²) in [6.45, 7) is 1.51. The monoisotopic (exact) mass is 412 g/mol. The van der Waals surface area contributed by atoms with E-state index in [-0.39, 0.29) is 24.3 Å². The Kier molecular flexibility index (Phi) is 5.23. The summed E-state index contributed by atoms with van der Waals surface area (Å²) in [5, 5.41) is 5.42. The van der Waals surface area contributed by atoms with Gasteiger partial charge in [-0.05, 0) is 42.6 Å². The Bertz CT molecular complexity index is 1080. The van der Waals surface area contributed by atoms with Gasteiger partial charge in [-0.25, -0.2) is 9.78 Å². The molecule has 0 aliphatic rings. The largest absolute Gasteiger partial charge is 0.450 e. The summed E-state index contributed by atoms with van der Waals surface area (Å²) >= 11 is 3.03. The number of nitrogens with one attached hydrogen (secondary N) is 1. The smallest absolute Gasteiger partial charge is 0.374 e. The van der Waals surface area contributed by atoms with Crippen LogP contribution in [-0.4, -0.2) is 23.5 Å². The van der Waals surface area contributed by atoms with Gasteiger partial charge in [0.2, 0.25) is 5.76 Å². The number of furan rings is 1. The van der Waals surface area contributed by atoms with E-state index in [9.17, 15) is 9.59 Å². The maximum atomic E-state index is 12.2. The van der Waals surface area contributed by atoms with Gasteiger partial charge in [0.15, 0.2) is 17.4 Å². The lowest BCUT2D eigenvalue weighted by Gasteiger charge is -2.11. The van der Waals surface area contributed by atoms with Crippen molar-refractivity contribution in [1.82, 2.24) is 10.3 Å². The molecule has 1 aromatic carbocycles. The molecule has 0 saturated carbocycles. The fourth-order valence-electron chi connectivity index (χ4n) is 2.63. The number of fused-ring (bicyclic) bond motifs is 1. The van der Waals surface area contributed by atoms with Crippen LogP contribution in [0.4, 0.5) is 0 Å². The van der Waals surface area contributed by atoms with Gasteiger partial charge in [-0.2, -0.15) is 0 Å². The van der Waals surface area contributed by atoms with Crippen molar-refractivity contribution in [3.05, 3.63) is 64.5 Å². The molecule has 0 aliphatic carbocycles. The van der Waals surface area contributed by atoms with E-state index in [0.29, 0.717) is 10.8 Å². The molecule has 28 heavy (non-hydrogen) atoms. The zero-order chi connectivity index (χ0) is 19.5. The average molecular weight is 412 g/mol. The van der Waals surface area contributed by atoms with Crippen LogP contribution in [0.2, 0.25) is 0 Å². The number of esters is 1. The molecule has 3 heterocycles. The fraction of sp³-hybridized carbons (Fsp3) is 0.150. The second kappa shape index (κ2) is 7.95. The SMILES string of the molecule is C[C@@H](NC(=O)COC(=O)c1ccc(-c2nc3ccccc3s2)o1)c1cccs1. The molecule has 4 rings (SSSR count). The summed E-state index contributed by atoms with van der Waals surface area (Å²) in [4.78, 5) is 29.7. The third-order valence-corrected chi connectivity index (χ3v) is 6.10. The highest BCUT2D eigenvalue weighted by molar-refractivity contribution is 7.21. The van der Waals surface area contributed by atoms with E-state index in [1.165, 1.54) is 17.4 Å². The molecule has 1 amide bonds. The average Bonchev–Trinajstić information content (AvgIpc) is 3.45. The van der Waals surface area contributed by atoms with Crippen LogP contribution in [0.15, 0.2) is 58.3 Å². The minimum absolute atomic E-state index is 0.0355. The van der Waals surface area contributed by atoms with Crippen LogP contribution in [0.5, 0.6) is 0 Å². The number of rotatable bonds is 6. The highest BCUT2D eigenvalue weighted by Crippen LogP contribution is 2.31. The lowest BCUT2D eigenvalue weighted by molar-refractivity contribution is -0.124. The van der Waals surface area contributed by atoms with Gasteiger partial charge < -0.3 is 14.5 Å². The van der Waals surface area contributed by atoms with E-state index in [4.69, 9.17) is 9.15 Å². The molecule has 0 bridgehead atoms. The summed E-state index contributed by atoms with van der Waals surface area (Å²) in [5.74, 6) is -0.532. The van der Waals surface area contributed by atoms with E-state index >= 15 is 0 Å². The molecule has 0 saturated heterocycles. The Morgan fingerprint density at radius 2 is 2.04 bits per heavy atom. The number of hydrogen-bond donors (Lipinski definition) is 1. The Labute approximate surface area is 168 Å². The standard InChI is InChI=1S/C20H16N2O4S2/c1-12(16-7-4-10-27-16)21-18(23)11-25-20(24)15-9-8-14(26-15)19-22-13-5-2-3-6-17(13)28-19/h2-10,12H,11H2,1H3,(H,21,23)/t12-/m1/s1. The molecular formula is C20H16N2O4S2. The summed E-state index contributed by atoms with van der Waals surface area (Å²) in [6.07, 6.45) is 0. The van der Waals surface area contributed by atoms with E-state index in [1.54, 1.807) is 17.4 Å². The molecule has 1 atom stereocenters. The van der Waals surface area contributed by atoms with Crippen molar-refractivity contribution >= 4 is 44.8 Å². The van der Waals surface area contributed by atoms with Crippen LogP contribution < -0.4 is 5.32 Å². The Balaban J connectivity index is 1.36. The van der Waals surface area contributed by atoms with Crippen molar-refractivity contribution in [2.24, 2.45) is 0 Å². The normalized spacial score (nSPS) is 12.0. The lowest BCUT2D eigenvalue weighted by Crippen LogP contribution is -2.30. The Morgan fingerprint density at radius 1 is 1.18 bits per heavy atom. The van der Waals surface area contributed by atoms with Crippen molar-refractivity contribution in [3.63, 3.8) is 0 Å². The fourth-order valence-corrected chi connectivity index (χ4v) is 4.30. The second-order valence-electron chi connectivity index (χ2n) is 6.03. The van der Waals surface area contributed by atoms with Gasteiger partial charge in [-0.15, -0.1) is 22.7 Å². The molecule has 0 radical (unpaired) electrons. The van der Waals surface area contributed by atoms with Crippen LogP contribution in [0.3, 0.4) is 0 Å². The van der Waals surface area contributed by atoms with E-state index < -0.39 is 5.97 Å². The van der Waals surface area contributed by atoms with Crippen LogP contribution in [0.25, 0.3) is 21.0 Å². The van der Waals surface area contributed by atoms with E-state index in [0.717, 1.165) is 15.1 Å². The van der Waals surface area contributed by atoms with Gasteiger partial charge in [-0.1, -0.05) is 18.2 Å². The van der Waals surface area contributed by atoms with Gasteiger partial charge >= 0.3 is 5.97 Å². The minimum Gasteiger partial charge on any atom is -0.450 e. The summed E-state index contributed by atoms with van der Waals surface area (Å²) < 4.78 is 11.7. The number of para-hydroxylation sites is 1. The third kappa shape index (κ3) is 3.97. The predicted molar refractivity (Wildman–Crippen MR) is 108 cm³/mol. The number of aromatic nitrogens is 1. The molecule has 142 valence electrons. The van der Waals surface area contributed by atoms with Crippen LogP contribution in [-0.2, 0) is 9.53 Å². The molecule has 0 spiro atoms. The molecule has 6 nitrogen and oxygen atoms in total. The van der Waals surface area contributed by atoms with Gasteiger partial charge in [0, 0.05) is 4.88 Å². The first-order chi connectivity index (χ1) is 13.6. The van der Waals surface area contributed by atoms with Gasteiger partial charge in [0.1, 0.15) is 0 Å². The summed E-state index contributed by atoms with van der Waals surface area (Å²) in [5.41, 5.74) is 0.875. The number of amides is 1. The molecule has 1 N–H and O–H groups in total. The van der Waals surface area contributed by atoms with Gasteiger partial charge in [0.25, 0.3) is 5.91 Å². The number of ether oxygens (including phenoxy) is 1. The molecular weight excluding hydrogens is 396 g/mol. The Hall–Kier alpha value is -2.97. The Morgan fingerprint density at radius 3 is 2.82 bits per heavy atom. The maximum Gasteiger partial charge on any atom is 0.374 e. The molecule has 0 aliphatic heterocycles. The zero-order valence-electron chi connectivity index (χ0n) is 14.9. The second-order valence-corrected chi connectivity index (χ2v) is 8.04. The highest BCUT2D eigenvalue weighted by Gasteiger charge is 2.18.